The first-order chi connectivity index (χ1) is 8.20. The van der Waals surface area contributed by atoms with Crippen LogP contribution in [0.15, 0.2) is 24.3 Å². The quantitative estimate of drug-likeness (QED) is 0.808. The lowest BCUT2D eigenvalue weighted by molar-refractivity contribution is 0.0693. The van der Waals surface area contributed by atoms with E-state index in [0.717, 1.165) is 25.9 Å². The second-order valence-electron chi connectivity index (χ2n) is 4.52. The van der Waals surface area contributed by atoms with Crippen molar-refractivity contribution in [3.63, 3.8) is 0 Å². The molecule has 1 fully saturated rings. The number of phenols is 1. The van der Waals surface area contributed by atoms with E-state index in [2.05, 4.69) is 0 Å². The molecule has 0 aromatic heterocycles. The summed E-state index contributed by atoms with van der Waals surface area (Å²) in [4.78, 5) is 14.0. The maximum atomic E-state index is 12.1. The van der Waals surface area contributed by atoms with E-state index in [1.165, 1.54) is 6.07 Å². The van der Waals surface area contributed by atoms with Crippen molar-refractivity contribution in [2.24, 2.45) is 11.7 Å². The summed E-state index contributed by atoms with van der Waals surface area (Å²) in [6.07, 6.45) is 1.95. The molecule has 0 spiro atoms. The van der Waals surface area contributed by atoms with Crippen molar-refractivity contribution < 1.29 is 9.90 Å². The molecule has 3 N–H and O–H groups in total. The number of aromatic hydroxyl groups is 1. The summed E-state index contributed by atoms with van der Waals surface area (Å²) >= 11 is 0. The number of piperidine rings is 1. The van der Waals surface area contributed by atoms with Gasteiger partial charge in [0.15, 0.2) is 0 Å². The van der Waals surface area contributed by atoms with Crippen LogP contribution in [0.2, 0.25) is 0 Å². The van der Waals surface area contributed by atoms with Crippen LogP contribution in [0.1, 0.15) is 23.2 Å². The molecule has 1 aromatic carbocycles. The number of hydrogen-bond acceptors (Lipinski definition) is 3. The molecule has 2 rings (SSSR count). The molecule has 0 unspecified atom stereocenters. The van der Waals surface area contributed by atoms with Gasteiger partial charge in [0, 0.05) is 18.7 Å². The molecule has 0 radical (unpaired) electrons. The summed E-state index contributed by atoms with van der Waals surface area (Å²) in [5, 5.41) is 9.35. The zero-order valence-corrected chi connectivity index (χ0v) is 9.80. The Hall–Kier alpha value is -1.55. The van der Waals surface area contributed by atoms with E-state index < -0.39 is 0 Å². The largest absolute Gasteiger partial charge is 0.508 e. The normalized spacial score (nSPS) is 17.1. The van der Waals surface area contributed by atoms with Crippen molar-refractivity contribution in [1.29, 1.82) is 0 Å². The molecule has 1 aliphatic rings. The van der Waals surface area contributed by atoms with Gasteiger partial charge in [0.25, 0.3) is 5.91 Å². The molecule has 0 saturated carbocycles. The number of nitrogens with two attached hydrogens (primary N) is 1. The van der Waals surface area contributed by atoms with Crippen molar-refractivity contribution in [3.05, 3.63) is 29.8 Å². The average molecular weight is 234 g/mol. The minimum atomic E-state index is -0.00336. The van der Waals surface area contributed by atoms with Gasteiger partial charge in [-0.1, -0.05) is 6.07 Å². The Morgan fingerprint density at radius 1 is 1.41 bits per heavy atom. The van der Waals surface area contributed by atoms with Crippen LogP contribution in [0, 0.1) is 5.92 Å². The summed E-state index contributed by atoms with van der Waals surface area (Å²) in [5.74, 6) is 0.673. The van der Waals surface area contributed by atoms with Crippen LogP contribution in [0.4, 0.5) is 0 Å². The smallest absolute Gasteiger partial charge is 0.253 e. The monoisotopic (exact) mass is 234 g/mol. The Bertz CT molecular complexity index is 398. The zero-order chi connectivity index (χ0) is 12.3. The lowest BCUT2D eigenvalue weighted by Gasteiger charge is -2.31. The topological polar surface area (TPSA) is 66.6 Å². The van der Waals surface area contributed by atoms with Gasteiger partial charge in [-0.05, 0) is 43.5 Å². The van der Waals surface area contributed by atoms with Crippen LogP contribution < -0.4 is 5.73 Å². The molecule has 4 heteroatoms. The fourth-order valence-electron chi connectivity index (χ4n) is 2.19. The predicted octanol–water partition coefficient (Wildman–Crippen LogP) is 1.20. The average Bonchev–Trinajstić information content (AvgIpc) is 2.38. The van der Waals surface area contributed by atoms with Gasteiger partial charge in [0.1, 0.15) is 5.75 Å². The first-order valence-corrected chi connectivity index (χ1v) is 5.99. The Morgan fingerprint density at radius 3 is 2.71 bits per heavy atom. The van der Waals surface area contributed by atoms with Crippen LogP contribution in [-0.2, 0) is 0 Å². The van der Waals surface area contributed by atoms with Crippen LogP contribution in [0.25, 0.3) is 0 Å². The van der Waals surface area contributed by atoms with Crippen LogP contribution >= 0.6 is 0 Å². The summed E-state index contributed by atoms with van der Waals surface area (Å²) in [5.41, 5.74) is 6.17. The highest BCUT2D eigenvalue weighted by atomic mass is 16.3. The van der Waals surface area contributed by atoms with Gasteiger partial charge in [-0.3, -0.25) is 4.79 Å². The first-order valence-electron chi connectivity index (χ1n) is 5.99. The molecule has 1 amide bonds. The SMILES string of the molecule is NCC1CCN(C(=O)c2cccc(O)c2)CC1. The molecule has 1 aliphatic heterocycles. The highest BCUT2D eigenvalue weighted by molar-refractivity contribution is 5.94. The number of likely N-dealkylation sites (tertiary alicyclic amines) is 1. The van der Waals surface area contributed by atoms with Gasteiger partial charge in [-0.25, -0.2) is 0 Å². The summed E-state index contributed by atoms with van der Waals surface area (Å²) in [6.45, 7) is 2.22. The third-order valence-corrected chi connectivity index (χ3v) is 3.33. The van der Waals surface area contributed by atoms with Gasteiger partial charge < -0.3 is 15.7 Å². The van der Waals surface area contributed by atoms with Crippen molar-refractivity contribution >= 4 is 5.91 Å². The second-order valence-corrected chi connectivity index (χ2v) is 4.52. The van der Waals surface area contributed by atoms with E-state index in [1.807, 2.05) is 4.90 Å². The van der Waals surface area contributed by atoms with E-state index in [-0.39, 0.29) is 11.7 Å². The van der Waals surface area contributed by atoms with E-state index >= 15 is 0 Å². The maximum absolute atomic E-state index is 12.1. The summed E-state index contributed by atoms with van der Waals surface area (Å²) in [6, 6.07) is 6.50. The fraction of sp³-hybridized carbons (Fsp3) is 0.462. The van der Waals surface area contributed by atoms with E-state index in [1.54, 1.807) is 18.2 Å². The summed E-state index contributed by atoms with van der Waals surface area (Å²) < 4.78 is 0. The number of carbonyl (C=O) groups excluding carboxylic acids is 1. The summed E-state index contributed by atoms with van der Waals surface area (Å²) in [7, 11) is 0. The van der Waals surface area contributed by atoms with Crippen molar-refractivity contribution in [2.75, 3.05) is 19.6 Å². The zero-order valence-electron chi connectivity index (χ0n) is 9.80. The van der Waals surface area contributed by atoms with Crippen molar-refractivity contribution in [3.8, 4) is 5.75 Å². The predicted molar refractivity (Wildman–Crippen MR) is 65.8 cm³/mol. The van der Waals surface area contributed by atoms with Gasteiger partial charge in [-0.2, -0.15) is 0 Å². The first kappa shape index (κ1) is 11.9. The minimum Gasteiger partial charge on any atom is -0.508 e. The van der Waals surface area contributed by atoms with E-state index in [9.17, 15) is 9.90 Å². The third kappa shape index (κ3) is 2.77. The highest BCUT2D eigenvalue weighted by Gasteiger charge is 2.22. The van der Waals surface area contributed by atoms with Gasteiger partial charge in [0.05, 0.1) is 0 Å². The maximum Gasteiger partial charge on any atom is 0.253 e. The minimum absolute atomic E-state index is 0.00336. The Morgan fingerprint density at radius 2 is 2.12 bits per heavy atom. The lowest BCUT2D eigenvalue weighted by atomic mass is 9.96. The van der Waals surface area contributed by atoms with Gasteiger partial charge in [-0.15, -0.1) is 0 Å². The van der Waals surface area contributed by atoms with Gasteiger partial charge in [0.2, 0.25) is 0 Å². The molecule has 1 saturated heterocycles. The molecule has 4 nitrogen and oxygen atoms in total. The molecule has 0 aliphatic carbocycles. The third-order valence-electron chi connectivity index (χ3n) is 3.33. The number of nitrogens with zero attached hydrogens (tertiary/aromatic N) is 1. The van der Waals surface area contributed by atoms with Crippen LogP contribution in [0.3, 0.4) is 0 Å². The number of hydrogen-bond donors (Lipinski definition) is 2. The van der Waals surface area contributed by atoms with E-state index in [0.29, 0.717) is 18.0 Å². The molecular formula is C13H18N2O2. The highest BCUT2D eigenvalue weighted by Crippen LogP contribution is 2.19. The molecule has 1 aromatic rings. The second kappa shape index (κ2) is 5.19. The molecule has 17 heavy (non-hydrogen) atoms. The molecule has 0 atom stereocenters. The number of benzene rings is 1. The number of phenolic OH excluding ortho intramolecular Hbond substituents is 1. The Balaban J connectivity index is 2.02. The van der Waals surface area contributed by atoms with Crippen LogP contribution in [0.5, 0.6) is 5.75 Å². The Labute approximate surface area is 101 Å². The van der Waals surface area contributed by atoms with Crippen LogP contribution in [-0.4, -0.2) is 35.5 Å². The number of rotatable bonds is 2. The molecule has 0 bridgehead atoms. The molecule has 1 heterocycles. The number of amides is 1. The van der Waals surface area contributed by atoms with Gasteiger partial charge >= 0.3 is 0 Å². The molecular weight excluding hydrogens is 216 g/mol. The lowest BCUT2D eigenvalue weighted by Crippen LogP contribution is -2.40. The standard InChI is InChI=1S/C13H18N2O2/c14-9-10-4-6-15(7-5-10)13(17)11-2-1-3-12(16)8-11/h1-3,8,10,16H,4-7,9,14H2. The molecule has 92 valence electrons. The number of carbonyl (C=O) groups is 1. The van der Waals surface area contributed by atoms with Crippen molar-refractivity contribution in [2.45, 2.75) is 12.8 Å². The van der Waals surface area contributed by atoms with Crippen molar-refractivity contribution in [1.82, 2.24) is 4.90 Å². The fourth-order valence-corrected chi connectivity index (χ4v) is 2.19. The van der Waals surface area contributed by atoms with E-state index in [4.69, 9.17) is 5.73 Å². The Kier molecular flexibility index (Phi) is 3.64.